The van der Waals surface area contributed by atoms with Gasteiger partial charge in [0, 0.05) is 22.2 Å². The molecular weight excluding hydrogens is 379 g/mol. The van der Waals surface area contributed by atoms with Gasteiger partial charge in [-0.1, -0.05) is 0 Å². The number of aromatic nitrogens is 1. The third-order valence-electron chi connectivity index (χ3n) is 4.69. The average Bonchev–Trinajstić information content (AvgIpc) is 3.04. The van der Waals surface area contributed by atoms with Crippen LogP contribution in [0.3, 0.4) is 0 Å². The van der Waals surface area contributed by atoms with Gasteiger partial charge in [-0.15, -0.1) is 11.3 Å². The summed E-state index contributed by atoms with van der Waals surface area (Å²) in [5.74, 6) is -3.71. The lowest BCUT2D eigenvalue weighted by Gasteiger charge is -2.38. The molecule has 2 aromatic rings. The van der Waals surface area contributed by atoms with Crippen molar-refractivity contribution in [2.45, 2.75) is 31.9 Å². The van der Waals surface area contributed by atoms with E-state index < -0.39 is 29.9 Å². The van der Waals surface area contributed by atoms with Crippen molar-refractivity contribution in [3.8, 4) is 0 Å². The van der Waals surface area contributed by atoms with Crippen molar-refractivity contribution in [3.05, 3.63) is 45.2 Å². The van der Waals surface area contributed by atoms with Crippen LogP contribution in [-0.2, 0) is 16.8 Å². The fourth-order valence-electron chi connectivity index (χ4n) is 3.08. The predicted molar refractivity (Wildman–Crippen MR) is 97.0 cm³/mol. The fraction of sp³-hybridized carbons (Fsp3) is 0.353. The summed E-state index contributed by atoms with van der Waals surface area (Å²) in [5.41, 5.74) is 4.74. The first-order chi connectivity index (χ1) is 12.7. The van der Waals surface area contributed by atoms with Crippen LogP contribution >= 0.6 is 11.3 Å². The average molecular weight is 395 g/mol. The van der Waals surface area contributed by atoms with Crippen molar-refractivity contribution >= 4 is 28.9 Å². The minimum absolute atomic E-state index is 0.215. The normalized spacial score (nSPS) is 23.6. The van der Waals surface area contributed by atoms with Crippen molar-refractivity contribution in [2.24, 2.45) is 15.7 Å². The highest BCUT2D eigenvalue weighted by Crippen LogP contribution is 2.45. The van der Waals surface area contributed by atoms with Gasteiger partial charge < -0.3 is 15.8 Å². The largest absolute Gasteiger partial charge is 0.459 e. The predicted octanol–water partition coefficient (Wildman–Crippen LogP) is 3.16. The van der Waals surface area contributed by atoms with Crippen molar-refractivity contribution in [2.75, 3.05) is 11.9 Å². The van der Waals surface area contributed by atoms with E-state index in [-0.39, 0.29) is 12.1 Å². The van der Waals surface area contributed by atoms with Gasteiger partial charge in [-0.25, -0.2) is 14.4 Å². The number of aryl methyl sites for hydroxylation is 1. The number of thiazole rings is 1. The summed E-state index contributed by atoms with van der Waals surface area (Å²) in [6, 6.07) is 2.15. The number of ether oxygens (including phenoxy) is 1. The molecule has 1 atom stereocenters. The van der Waals surface area contributed by atoms with Gasteiger partial charge in [0.2, 0.25) is 0 Å². The molecule has 2 aliphatic heterocycles. The van der Waals surface area contributed by atoms with Gasteiger partial charge in [-0.3, -0.25) is 4.99 Å². The van der Waals surface area contributed by atoms with E-state index in [0.29, 0.717) is 22.8 Å². The lowest BCUT2D eigenvalue weighted by Crippen LogP contribution is -2.51. The van der Waals surface area contributed by atoms with E-state index in [1.165, 1.54) is 23.5 Å². The maximum Gasteiger partial charge on any atom is 0.310 e. The van der Waals surface area contributed by atoms with Gasteiger partial charge in [0.1, 0.15) is 11.5 Å². The molecule has 1 aromatic carbocycles. The zero-order valence-corrected chi connectivity index (χ0v) is 15.3. The summed E-state index contributed by atoms with van der Waals surface area (Å²) in [4.78, 5) is 12.5. The number of amidine groups is 2. The second-order valence-electron chi connectivity index (χ2n) is 6.55. The first-order valence-electron chi connectivity index (χ1n) is 8.12. The topological polar surface area (TPSA) is 84.9 Å². The number of fused-ring (bicyclic) bond motifs is 1. The Hall–Kier alpha value is -2.62. The van der Waals surface area contributed by atoms with Crippen LogP contribution in [0, 0.1) is 12.7 Å². The van der Waals surface area contributed by atoms with Crippen molar-refractivity contribution < 1.29 is 17.9 Å². The number of halogens is 3. The number of nitrogens with two attached hydrogens (primary N) is 1. The Kier molecular flexibility index (Phi) is 3.91. The molecule has 6 nitrogen and oxygen atoms in total. The van der Waals surface area contributed by atoms with Crippen molar-refractivity contribution in [1.82, 2.24) is 4.98 Å². The van der Waals surface area contributed by atoms with Crippen molar-refractivity contribution in [3.63, 3.8) is 0 Å². The minimum atomic E-state index is -3.43. The van der Waals surface area contributed by atoms with Gasteiger partial charge in [0.25, 0.3) is 6.02 Å². The molecule has 10 heteroatoms. The number of hydrogen-bond donors (Lipinski definition) is 2. The SMILES string of the molecule is Cc1nc(C2=NCc3cc(F)c([C@@]4(C)N=C(N)OCC4(F)F)cc3N2)cs1. The number of alkyl halides is 2. The molecule has 1 aromatic heterocycles. The summed E-state index contributed by atoms with van der Waals surface area (Å²) >= 11 is 1.47. The Morgan fingerprint density at radius 1 is 1.33 bits per heavy atom. The first-order valence-corrected chi connectivity index (χ1v) is 9.00. The molecule has 0 saturated carbocycles. The highest BCUT2D eigenvalue weighted by molar-refractivity contribution is 7.09. The van der Waals surface area contributed by atoms with E-state index in [9.17, 15) is 13.2 Å². The Labute approximate surface area is 157 Å². The minimum Gasteiger partial charge on any atom is -0.459 e. The molecule has 0 bridgehead atoms. The smallest absolute Gasteiger partial charge is 0.310 e. The molecule has 0 amide bonds. The van der Waals surface area contributed by atoms with Crippen LogP contribution in [0.2, 0.25) is 0 Å². The van der Waals surface area contributed by atoms with E-state index in [1.807, 2.05) is 12.3 Å². The second kappa shape index (κ2) is 5.95. The molecule has 27 heavy (non-hydrogen) atoms. The molecule has 0 unspecified atom stereocenters. The molecule has 0 spiro atoms. The molecule has 0 aliphatic carbocycles. The molecular formula is C17H16F3N5OS. The summed E-state index contributed by atoms with van der Waals surface area (Å²) in [7, 11) is 0. The van der Waals surface area contributed by atoms with E-state index in [2.05, 4.69) is 25.0 Å². The maximum absolute atomic E-state index is 14.7. The highest BCUT2D eigenvalue weighted by Gasteiger charge is 2.56. The summed E-state index contributed by atoms with van der Waals surface area (Å²) in [6.07, 6.45) is 0. The Balaban J connectivity index is 1.77. The van der Waals surface area contributed by atoms with Crippen LogP contribution in [0.25, 0.3) is 0 Å². The Morgan fingerprint density at radius 3 is 2.81 bits per heavy atom. The van der Waals surface area contributed by atoms with Gasteiger partial charge in [-0.05, 0) is 26.0 Å². The molecule has 0 fully saturated rings. The monoisotopic (exact) mass is 395 g/mol. The molecule has 0 radical (unpaired) electrons. The Morgan fingerprint density at radius 2 is 2.11 bits per heavy atom. The fourth-order valence-corrected chi connectivity index (χ4v) is 3.68. The summed E-state index contributed by atoms with van der Waals surface area (Å²) in [6.45, 7) is 2.27. The standard InChI is InChI=1S/C17H16F3N5OS/c1-8-23-13(6-27-8)14-22-5-9-3-11(18)10(4-12(9)24-14)16(2)17(19,20)7-26-15(21)25-16/h3-4,6H,5,7H2,1-2H3,(H2,21,25)(H,22,24)/t16-/m1/s1. The lowest BCUT2D eigenvalue weighted by molar-refractivity contribution is -0.117. The van der Waals surface area contributed by atoms with E-state index in [4.69, 9.17) is 5.73 Å². The number of aliphatic imine (C=N–C) groups is 2. The summed E-state index contributed by atoms with van der Waals surface area (Å²) in [5, 5.41) is 5.78. The quantitative estimate of drug-likeness (QED) is 0.818. The molecule has 3 heterocycles. The maximum atomic E-state index is 14.7. The number of hydrogen-bond acceptors (Lipinski definition) is 7. The highest BCUT2D eigenvalue weighted by atomic mass is 32.1. The Bertz CT molecular complexity index is 987. The van der Waals surface area contributed by atoms with E-state index in [1.54, 1.807) is 0 Å². The van der Waals surface area contributed by atoms with Crippen LogP contribution in [0.4, 0.5) is 18.9 Å². The number of nitrogens with zero attached hydrogens (tertiary/aromatic N) is 3. The molecule has 2 aliphatic rings. The summed E-state index contributed by atoms with van der Waals surface area (Å²) < 4.78 is 48.5. The molecule has 0 saturated heterocycles. The third-order valence-corrected chi connectivity index (χ3v) is 5.46. The third kappa shape index (κ3) is 2.84. The van der Waals surface area contributed by atoms with Gasteiger partial charge in [-0.2, -0.15) is 8.78 Å². The van der Waals surface area contributed by atoms with Crippen LogP contribution in [-0.4, -0.2) is 29.4 Å². The van der Waals surface area contributed by atoms with Crippen LogP contribution < -0.4 is 11.1 Å². The number of rotatable bonds is 2. The van der Waals surface area contributed by atoms with Crippen LogP contribution in [0.1, 0.15) is 28.8 Å². The van der Waals surface area contributed by atoms with Crippen molar-refractivity contribution in [1.29, 1.82) is 0 Å². The molecule has 4 rings (SSSR count). The van der Waals surface area contributed by atoms with Gasteiger partial charge in [0.05, 0.1) is 11.6 Å². The number of nitrogens with one attached hydrogen (secondary N) is 1. The second-order valence-corrected chi connectivity index (χ2v) is 7.61. The molecule has 3 N–H and O–H groups in total. The van der Waals surface area contributed by atoms with Gasteiger partial charge in [0.15, 0.2) is 18.0 Å². The zero-order valence-electron chi connectivity index (χ0n) is 14.5. The number of anilines is 1. The van der Waals surface area contributed by atoms with Crippen LogP contribution in [0.15, 0.2) is 27.5 Å². The molecule has 142 valence electrons. The van der Waals surface area contributed by atoms with Crippen LogP contribution in [0.5, 0.6) is 0 Å². The number of benzene rings is 1. The van der Waals surface area contributed by atoms with Gasteiger partial charge >= 0.3 is 5.92 Å². The zero-order chi connectivity index (χ0) is 19.4. The van der Waals surface area contributed by atoms with E-state index in [0.717, 1.165) is 11.9 Å². The van der Waals surface area contributed by atoms with E-state index >= 15 is 0 Å². The lowest BCUT2D eigenvalue weighted by atomic mass is 9.84. The first kappa shape index (κ1) is 17.8.